The van der Waals surface area contributed by atoms with Crippen LogP contribution in [-0.4, -0.2) is 40.6 Å². The second kappa shape index (κ2) is 12.1. The van der Waals surface area contributed by atoms with Gasteiger partial charge in [-0.3, -0.25) is 4.79 Å². The summed E-state index contributed by atoms with van der Waals surface area (Å²) in [6.45, 7) is 1.16. The van der Waals surface area contributed by atoms with Crippen LogP contribution in [0.1, 0.15) is 11.1 Å². The number of nitrogens with one attached hydrogen (secondary N) is 1. The molecule has 1 amide bonds. The molecule has 0 saturated heterocycles. The van der Waals surface area contributed by atoms with Crippen molar-refractivity contribution in [3.05, 3.63) is 90.0 Å². The Morgan fingerprint density at radius 2 is 1.51 bits per heavy atom. The van der Waals surface area contributed by atoms with Gasteiger partial charge in [0.05, 0.1) is 20.0 Å². The quantitative estimate of drug-likeness (QED) is 0.311. The summed E-state index contributed by atoms with van der Waals surface area (Å²) >= 11 is 1.39. The Labute approximate surface area is 209 Å². The van der Waals surface area contributed by atoms with E-state index in [-0.39, 0.29) is 11.7 Å². The number of ether oxygens (including phenoxy) is 2. The van der Waals surface area contributed by atoms with Crippen LogP contribution < -0.4 is 14.8 Å². The molecule has 0 aliphatic rings. The molecule has 0 saturated carbocycles. The minimum Gasteiger partial charge on any atom is -0.497 e. The van der Waals surface area contributed by atoms with Gasteiger partial charge < -0.3 is 19.4 Å². The normalized spacial score (nSPS) is 10.7. The van der Waals surface area contributed by atoms with E-state index in [1.807, 2.05) is 66.7 Å². The predicted octanol–water partition coefficient (Wildman–Crippen LogP) is 4.61. The number of aromatic nitrogens is 3. The topological polar surface area (TPSA) is 78.3 Å². The summed E-state index contributed by atoms with van der Waals surface area (Å²) < 4.78 is 12.5. The standard InChI is InChI=1S/C27H28N4O3S/c1-33-23-12-8-21(9-13-23)18-28-25(32)19-35-27-30-29-26(22-10-14-24(34-2)15-11-22)31(27)17-16-20-6-4-3-5-7-20/h3-15H,16-19H2,1-2H3,(H,28,32). The van der Waals surface area contributed by atoms with E-state index < -0.39 is 0 Å². The largest absolute Gasteiger partial charge is 0.497 e. The van der Waals surface area contributed by atoms with Crippen molar-refractivity contribution in [3.63, 3.8) is 0 Å². The van der Waals surface area contributed by atoms with E-state index in [9.17, 15) is 4.79 Å². The minimum absolute atomic E-state index is 0.0607. The van der Waals surface area contributed by atoms with Crippen LogP contribution in [0.5, 0.6) is 11.5 Å². The highest BCUT2D eigenvalue weighted by molar-refractivity contribution is 7.99. The van der Waals surface area contributed by atoms with Gasteiger partial charge in [-0.15, -0.1) is 10.2 Å². The Bertz CT molecular complexity index is 1230. The number of aryl methyl sites for hydroxylation is 1. The van der Waals surface area contributed by atoms with Gasteiger partial charge in [0.25, 0.3) is 0 Å². The van der Waals surface area contributed by atoms with E-state index >= 15 is 0 Å². The molecule has 0 fully saturated rings. The van der Waals surface area contributed by atoms with Gasteiger partial charge in [-0.05, 0) is 53.9 Å². The second-order valence-corrected chi connectivity index (χ2v) is 8.78. The lowest BCUT2D eigenvalue weighted by atomic mass is 10.1. The molecule has 0 unspecified atom stereocenters. The minimum atomic E-state index is -0.0607. The summed E-state index contributed by atoms with van der Waals surface area (Å²) in [5.74, 6) is 2.53. The number of methoxy groups -OCH3 is 2. The van der Waals surface area contributed by atoms with E-state index in [0.717, 1.165) is 34.9 Å². The van der Waals surface area contributed by atoms with Crippen LogP contribution in [0.15, 0.2) is 84.0 Å². The highest BCUT2D eigenvalue weighted by atomic mass is 32.2. The van der Waals surface area contributed by atoms with Crippen LogP contribution in [0.25, 0.3) is 11.4 Å². The summed E-state index contributed by atoms with van der Waals surface area (Å²) in [4.78, 5) is 12.5. The number of rotatable bonds is 11. The monoisotopic (exact) mass is 488 g/mol. The summed E-state index contributed by atoms with van der Waals surface area (Å²) in [7, 11) is 3.28. The van der Waals surface area contributed by atoms with Crippen LogP contribution in [0, 0.1) is 0 Å². The highest BCUT2D eigenvalue weighted by Gasteiger charge is 2.16. The van der Waals surface area contributed by atoms with Gasteiger partial charge in [0.1, 0.15) is 11.5 Å². The maximum Gasteiger partial charge on any atom is 0.230 e. The Balaban J connectivity index is 1.44. The third kappa shape index (κ3) is 6.64. The van der Waals surface area contributed by atoms with E-state index in [1.54, 1.807) is 14.2 Å². The van der Waals surface area contributed by atoms with Crippen molar-refractivity contribution in [1.82, 2.24) is 20.1 Å². The molecule has 35 heavy (non-hydrogen) atoms. The van der Waals surface area contributed by atoms with E-state index in [4.69, 9.17) is 9.47 Å². The molecule has 7 nitrogen and oxygen atoms in total. The molecule has 180 valence electrons. The zero-order valence-electron chi connectivity index (χ0n) is 19.8. The van der Waals surface area contributed by atoms with E-state index in [1.165, 1.54) is 17.3 Å². The van der Waals surface area contributed by atoms with E-state index in [2.05, 4.69) is 32.2 Å². The Hall–Kier alpha value is -3.78. The fourth-order valence-electron chi connectivity index (χ4n) is 3.56. The van der Waals surface area contributed by atoms with E-state index in [0.29, 0.717) is 18.2 Å². The number of hydrogen-bond donors (Lipinski definition) is 1. The lowest BCUT2D eigenvalue weighted by Gasteiger charge is -2.11. The molecule has 0 bridgehead atoms. The number of nitrogens with zero attached hydrogens (tertiary/aromatic N) is 3. The van der Waals surface area contributed by atoms with Crippen molar-refractivity contribution in [1.29, 1.82) is 0 Å². The van der Waals surface area contributed by atoms with Crippen molar-refractivity contribution in [2.75, 3.05) is 20.0 Å². The average Bonchev–Trinajstić information content (AvgIpc) is 3.33. The van der Waals surface area contributed by atoms with Crippen molar-refractivity contribution in [3.8, 4) is 22.9 Å². The summed E-state index contributed by atoms with van der Waals surface area (Å²) in [5.41, 5.74) is 3.19. The summed E-state index contributed by atoms with van der Waals surface area (Å²) in [6.07, 6.45) is 0.833. The highest BCUT2D eigenvalue weighted by Crippen LogP contribution is 2.26. The van der Waals surface area contributed by atoms with Gasteiger partial charge in [0, 0.05) is 18.7 Å². The van der Waals surface area contributed by atoms with Gasteiger partial charge in [0.2, 0.25) is 5.91 Å². The maximum absolute atomic E-state index is 12.5. The van der Waals surface area contributed by atoms with Gasteiger partial charge in [-0.25, -0.2) is 0 Å². The van der Waals surface area contributed by atoms with Crippen LogP contribution >= 0.6 is 11.8 Å². The van der Waals surface area contributed by atoms with Crippen LogP contribution in [0.2, 0.25) is 0 Å². The fourth-order valence-corrected chi connectivity index (χ4v) is 4.36. The number of amides is 1. The Kier molecular flexibility index (Phi) is 8.40. The van der Waals surface area contributed by atoms with Crippen LogP contribution in [-0.2, 0) is 24.3 Å². The third-order valence-corrected chi connectivity index (χ3v) is 6.48. The first-order chi connectivity index (χ1) is 17.2. The molecule has 1 aromatic heterocycles. The number of carbonyl (C=O) groups is 1. The number of benzene rings is 3. The van der Waals surface area contributed by atoms with Crippen molar-refractivity contribution in [2.45, 2.75) is 24.7 Å². The lowest BCUT2D eigenvalue weighted by molar-refractivity contribution is -0.118. The first-order valence-corrected chi connectivity index (χ1v) is 12.3. The first kappa shape index (κ1) is 24.3. The molecule has 0 radical (unpaired) electrons. The predicted molar refractivity (Wildman–Crippen MR) is 138 cm³/mol. The van der Waals surface area contributed by atoms with Crippen molar-refractivity contribution < 1.29 is 14.3 Å². The Morgan fingerprint density at radius 3 is 2.17 bits per heavy atom. The molecular weight excluding hydrogens is 460 g/mol. The first-order valence-electron chi connectivity index (χ1n) is 11.3. The maximum atomic E-state index is 12.5. The Morgan fingerprint density at radius 1 is 0.857 bits per heavy atom. The number of carbonyl (C=O) groups excluding carboxylic acids is 1. The second-order valence-electron chi connectivity index (χ2n) is 7.84. The average molecular weight is 489 g/mol. The van der Waals surface area contributed by atoms with Gasteiger partial charge >= 0.3 is 0 Å². The van der Waals surface area contributed by atoms with Crippen LogP contribution in [0.3, 0.4) is 0 Å². The summed E-state index contributed by atoms with van der Waals surface area (Å²) in [5, 5.41) is 12.5. The zero-order chi connectivity index (χ0) is 24.5. The van der Waals surface area contributed by atoms with Gasteiger partial charge in [-0.2, -0.15) is 0 Å². The number of thioether (sulfide) groups is 1. The lowest BCUT2D eigenvalue weighted by Crippen LogP contribution is -2.24. The van der Waals surface area contributed by atoms with Crippen molar-refractivity contribution in [2.24, 2.45) is 0 Å². The molecule has 1 N–H and O–H groups in total. The number of hydrogen-bond acceptors (Lipinski definition) is 6. The molecule has 4 rings (SSSR count). The summed E-state index contributed by atoms with van der Waals surface area (Å²) in [6, 6.07) is 25.7. The molecule has 8 heteroatoms. The molecule has 0 aliphatic heterocycles. The molecule has 0 spiro atoms. The third-order valence-electron chi connectivity index (χ3n) is 5.51. The van der Waals surface area contributed by atoms with Crippen LogP contribution in [0.4, 0.5) is 0 Å². The molecule has 0 atom stereocenters. The zero-order valence-corrected chi connectivity index (χ0v) is 20.6. The van der Waals surface area contributed by atoms with Crippen molar-refractivity contribution >= 4 is 17.7 Å². The molecular formula is C27H28N4O3S. The fraction of sp³-hybridized carbons (Fsp3) is 0.222. The SMILES string of the molecule is COc1ccc(CNC(=O)CSc2nnc(-c3ccc(OC)cc3)n2CCc2ccccc2)cc1. The molecule has 4 aromatic rings. The van der Waals surface area contributed by atoms with Gasteiger partial charge in [0.15, 0.2) is 11.0 Å². The molecule has 0 aliphatic carbocycles. The molecule has 1 heterocycles. The molecule has 3 aromatic carbocycles. The smallest absolute Gasteiger partial charge is 0.230 e. The van der Waals surface area contributed by atoms with Gasteiger partial charge in [-0.1, -0.05) is 54.2 Å².